The third-order valence-electron chi connectivity index (χ3n) is 2.99. The van der Waals surface area contributed by atoms with Crippen LogP contribution in [0.5, 0.6) is 5.75 Å². The van der Waals surface area contributed by atoms with Crippen molar-refractivity contribution in [1.82, 2.24) is 5.32 Å². The molecule has 0 saturated heterocycles. The minimum atomic E-state index is 0.736. The molecule has 1 aliphatic rings. The van der Waals surface area contributed by atoms with Gasteiger partial charge in [-0.15, -0.1) is 0 Å². The maximum absolute atomic E-state index is 5.72. The van der Waals surface area contributed by atoms with E-state index in [0.29, 0.717) is 0 Å². The highest BCUT2D eigenvalue weighted by Gasteiger charge is 2.18. The second kappa shape index (κ2) is 7.31. The van der Waals surface area contributed by atoms with Gasteiger partial charge in [-0.3, -0.25) is 0 Å². The zero-order valence-corrected chi connectivity index (χ0v) is 12.0. The molecule has 4 nitrogen and oxygen atoms in total. The highest BCUT2D eigenvalue weighted by Crippen LogP contribution is 2.30. The average molecular weight is 280 g/mol. The van der Waals surface area contributed by atoms with Crippen molar-refractivity contribution in [3.8, 4) is 5.75 Å². The molecule has 0 amide bonds. The molecule has 0 spiro atoms. The second-order valence-corrected chi connectivity index (χ2v) is 4.79. The molecular weight excluding hydrogens is 260 g/mol. The van der Waals surface area contributed by atoms with Crippen LogP contribution in [-0.2, 0) is 4.74 Å². The normalized spacial score (nSPS) is 14.3. The van der Waals surface area contributed by atoms with E-state index in [9.17, 15) is 0 Å². The molecule has 1 N–H and O–H groups in total. The number of nitrogens with one attached hydrogen (secondary N) is 1. The molecule has 1 aromatic rings. The predicted molar refractivity (Wildman–Crippen MR) is 81.0 cm³/mol. The van der Waals surface area contributed by atoms with E-state index >= 15 is 0 Å². The number of rotatable bonds is 4. The number of thiocarbonyl (C=S) groups is 1. The predicted octanol–water partition coefficient (Wildman–Crippen LogP) is 2.19. The van der Waals surface area contributed by atoms with Crippen LogP contribution < -0.4 is 15.0 Å². The first-order valence-corrected chi connectivity index (χ1v) is 7.00. The first kappa shape index (κ1) is 14.1. The average Bonchev–Trinajstić information content (AvgIpc) is 2.66. The number of nitrogens with zero attached hydrogens (tertiary/aromatic N) is 1. The molecule has 0 unspecified atom stereocenters. The molecule has 0 fully saturated rings. The van der Waals surface area contributed by atoms with Crippen molar-refractivity contribution < 1.29 is 9.47 Å². The molecule has 104 valence electrons. The van der Waals surface area contributed by atoms with E-state index in [1.54, 1.807) is 7.11 Å². The molecule has 1 aliphatic heterocycles. The molecule has 1 heterocycles. The van der Waals surface area contributed by atoms with Crippen molar-refractivity contribution in [1.29, 1.82) is 0 Å². The fourth-order valence-electron chi connectivity index (χ4n) is 2.05. The van der Waals surface area contributed by atoms with E-state index in [-0.39, 0.29) is 0 Å². The lowest BCUT2D eigenvalue weighted by molar-refractivity contribution is 0.195. The number of ether oxygens (including phenoxy) is 2. The summed E-state index contributed by atoms with van der Waals surface area (Å²) in [6.07, 6.45) is 1.91. The monoisotopic (exact) mass is 280 g/mol. The maximum atomic E-state index is 5.72. The van der Waals surface area contributed by atoms with Gasteiger partial charge in [-0.05, 0) is 37.2 Å². The number of fused-ring (bicyclic) bond motifs is 1. The third-order valence-corrected chi connectivity index (χ3v) is 3.35. The second-order valence-electron chi connectivity index (χ2n) is 4.40. The van der Waals surface area contributed by atoms with Crippen molar-refractivity contribution in [2.45, 2.75) is 12.8 Å². The van der Waals surface area contributed by atoms with Crippen LogP contribution >= 0.6 is 12.2 Å². The van der Waals surface area contributed by atoms with Gasteiger partial charge < -0.3 is 19.7 Å². The van der Waals surface area contributed by atoms with Gasteiger partial charge in [-0.25, -0.2) is 0 Å². The summed E-state index contributed by atoms with van der Waals surface area (Å²) in [6.45, 7) is 3.19. The Morgan fingerprint density at radius 3 is 3.16 bits per heavy atom. The van der Waals surface area contributed by atoms with Crippen LogP contribution in [0.1, 0.15) is 12.8 Å². The fourth-order valence-corrected chi connectivity index (χ4v) is 2.34. The van der Waals surface area contributed by atoms with Gasteiger partial charge in [0.05, 0.1) is 12.3 Å². The summed E-state index contributed by atoms with van der Waals surface area (Å²) in [5.41, 5.74) is 1.05. The van der Waals surface area contributed by atoms with Gasteiger partial charge in [0.25, 0.3) is 0 Å². The van der Waals surface area contributed by atoms with Gasteiger partial charge in [-0.1, -0.05) is 12.1 Å². The number of para-hydroxylation sites is 2. The lowest BCUT2D eigenvalue weighted by Crippen LogP contribution is -2.40. The van der Waals surface area contributed by atoms with Crippen molar-refractivity contribution in [3.63, 3.8) is 0 Å². The smallest absolute Gasteiger partial charge is 0.173 e. The molecule has 0 atom stereocenters. The van der Waals surface area contributed by atoms with E-state index in [4.69, 9.17) is 21.7 Å². The van der Waals surface area contributed by atoms with Crippen molar-refractivity contribution in [3.05, 3.63) is 24.3 Å². The van der Waals surface area contributed by atoms with Gasteiger partial charge in [-0.2, -0.15) is 0 Å². The lowest BCUT2D eigenvalue weighted by atomic mass is 10.2. The van der Waals surface area contributed by atoms with Gasteiger partial charge in [0.15, 0.2) is 5.11 Å². The Kier molecular flexibility index (Phi) is 5.42. The van der Waals surface area contributed by atoms with E-state index in [0.717, 1.165) is 55.7 Å². The van der Waals surface area contributed by atoms with Crippen LogP contribution in [0.25, 0.3) is 0 Å². The Morgan fingerprint density at radius 2 is 2.32 bits per heavy atom. The molecule has 0 radical (unpaired) electrons. The van der Waals surface area contributed by atoms with E-state index in [1.807, 2.05) is 24.3 Å². The molecule has 0 aromatic heterocycles. The summed E-state index contributed by atoms with van der Waals surface area (Å²) in [4.78, 5) is 2.12. The molecule has 0 aliphatic carbocycles. The first-order chi connectivity index (χ1) is 9.33. The Labute approximate surface area is 119 Å². The van der Waals surface area contributed by atoms with E-state index in [1.165, 1.54) is 0 Å². The SMILES string of the molecule is COCCCNC(=S)N1CCCOc2ccccc21. The molecular formula is C14H20N2O2S. The van der Waals surface area contributed by atoms with Gasteiger partial charge in [0.2, 0.25) is 0 Å². The zero-order valence-electron chi connectivity index (χ0n) is 11.2. The lowest BCUT2D eigenvalue weighted by Gasteiger charge is -2.24. The summed E-state index contributed by atoms with van der Waals surface area (Å²) >= 11 is 5.48. The number of anilines is 1. The van der Waals surface area contributed by atoms with Crippen LogP contribution in [0.4, 0.5) is 5.69 Å². The van der Waals surface area contributed by atoms with Crippen LogP contribution in [-0.4, -0.2) is 38.5 Å². The summed E-state index contributed by atoms with van der Waals surface area (Å²) < 4.78 is 10.8. The number of hydrogen-bond acceptors (Lipinski definition) is 3. The van der Waals surface area contributed by atoms with Crippen LogP contribution in [0.3, 0.4) is 0 Å². The van der Waals surface area contributed by atoms with E-state index < -0.39 is 0 Å². The molecule has 5 heteroatoms. The van der Waals surface area contributed by atoms with Crippen LogP contribution in [0.15, 0.2) is 24.3 Å². The molecule has 1 aromatic carbocycles. The van der Waals surface area contributed by atoms with Crippen molar-refractivity contribution in [2.75, 3.05) is 38.3 Å². The zero-order chi connectivity index (χ0) is 13.5. The third kappa shape index (κ3) is 3.81. The maximum Gasteiger partial charge on any atom is 0.173 e. The minimum absolute atomic E-state index is 0.736. The highest BCUT2D eigenvalue weighted by atomic mass is 32.1. The number of methoxy groups -OCH3 is 1. The Hall–Kier alpha value is -1.33. The van der Waals surface area contributed by atoms with Gasteiger partial charge in [0, 0.05) is 26.8 Å². The van der Waals surface area contributed by atoms with Gasteiger partial charge in [0.1, 0.15) is 5.75 Å². The fraction of sp³-hybridized carbons (Fsp3) is 0.500. The molecule has 2 rings (SSSR count). The van der Waals surface area contributed by atoms with Crippen LogP contribution in [0, 0.1) is 0 Å². The summed E-state index contributed by atoms with van der Waals surface area (Å²) in [5, 5.41) is 4.04. The summed E-state index contributed by atoms with van der Waals surface area (Å²) in [5.74, 6) is 0.904. The standard InChI is InChI=1S/C14H20N2O2S/c1-17-10-4-8-15-14(19)16-9-5-11-18-13-7-3-2-6-12(13)16/h2-3,6-7H,4-5,8-11H2,1H3,(H,15,19). The van der Waals surface area contributed by atoms with Crippen molar-refractivity contribution >= 4 is 23.0 Å². The number of hydrogen-bond donors (Lipinski definition) is 1. The number of benzene rings is 1. The Morgan fingerprint density at radius 1 is 1.47 bits per heavy atom. The van der Waals surface area contributed by atoms with Crippen molar-refractivity contribution in [2.24, 2.45) is 0 Å². The molecule has 0 saturated carbocycles. The Balaban J connectivity index is 2.00. The highest BCUT2D eigenvalue weighted by molar-refractivity contribution is 7.80. The molecule has 0 bridgehead atoms. The van der Waals surface area contributed by atoms with Crippen LogP contribution in [0.2, 0.25) is 0 Å². The minimum Gasteiger partial charge on any atom is -0.491 e. The first-order valence-electron chi connectivity index (χ1n) is 6.59. The van der Waals surface area contributed by atoms with Gasteiger partial charge >= 0.3 is 0 Å². The summed E-state index contributed by atoms with van der Waals surface area (Å²) in [6, 6.07) is 8.02. The quantitative estimate of drug-likeness (QED) is 0.675. The summed E-state index contributed by atoms with van der Waals surface area (Å²) in [7, 11) is 1.71. The van der Waals surface area contributed by atoms with E-state index in [2.05, 4.69) is 10.2 Å². The Bertz CT molecular complexity index is 426. The topological polar surface area (TPSA) is 33.7 Å². The largest absolute Gasteiger partial charge is 0.491 e. The molecule has 19 heavy (non-hydrogen) atoms.